The second kappa shape index (κ2) is 9.00. The summed E-state index contributed by atoms with van der Waals surface area (Å²) in [5.74, 6) is -3.05. The minimum absolute atomic E-state index is 0.0590. The van der Waals surface area contributed by atoms with Gasteiger partial charge >= 0.3 is 0 Å². The van der Waals surface area contributed by atoms with Gasteiger partial charge in [-0.3, -0.25) is 14.5 Å². The van der Waals surface area contributed by atoms with Crippen LogP contribution in [-0.4, -0.2) is 34.4 Å². The molecule has 1 fully saturated rings. The lowest BCUT2D eigenvalue weighted by Crippen LogP contribution is -2.38. The van der Waals surface area contributed by atoms with Crippen molar-refractivity contribution in [2.75, 3.05) is 13.1 Å². The van der Waals surface area contributed by atoms with Crippen molar-refractivity contribution < 1.29 is 13.6 Å². The first-order valence-corrected chi connectivity index (χ1v) is 10.8. The molecule has 3 aromatic rings. The Hall–Kier alpha value is -2.77. The lowest BCUT2D eigenvalue weighted by molar-refractivity contribution is -0.0566. The van der Waals surface area contributed by atoms with Crippen LogP contribution in [0.3, 0.4) is 0 Å². The number of nitrogens with one attached hydrogen (secondary N) is 1. The smallest absolute Gasteiger partial charge is 0.257 e. The van der Waals surface area contributed by atoms with Crippen molar-refractivity contribution in [3.8, 4) is 0 Å². The van der Waals surface area contributed by atoms with Crippen molar-refractivity contribution in [3.05, 3.63) is 80.6 Å². The number of likely N-dealkylation sites (tertiary alicyclic amines) is 1. The van der Waals surface area contributed by atoms with E-state index in [0.29, 0.717) is 35.6 Å². The second-order valence-corrected chi connectivity index (χ2v) is 8.71. The zero-order chi connectivity index (χ0) is 22.9. The first kappa shape index (κ1) is 22.4. The van der Waals surface area contributed by atoms with E-state index < -0.39 is 11.8 Å². The van der Waals surface area contributed by atoms with Gasteiger partial charge in [-0.05, 0) is 35.4 Å². The fourth-order valence-corrected chi connectivity index (χ4v) is 4.10. The van der Waals surface area contributed by atoms with E-state index in [2.05, 4.69) is 5.32 Å². The molecular formula is C24H24ClF2N3O2. The first-order chi connectivity index (χ1) is 15.2. The fraction of sp³-hybridized carbons (Fsp3) is 0.333. The Bertz CT molecular complexity index is 1200. The molecule has 32 heavy (non-hydrogen) atoms. The molecule has 0 atom stereocenters. The standard InChI is InChI=1S/C24H24ClF2N3O2/c1-29-15-20(23(32)28-13-16-2-5-18(25)6-3-16)22(31)19-12-17(4-7-21(19)29)14-30-10-8-24(26,27)9-11-30/h2-7,12,15H,8-11,13-14H2,1H3,(H,28,32). The Morgan fingerprint density at radius 3 is 2.44 bits per heavy atom. The highest BCUT2D eigenvalue weighted by atomic mass is 35.5. The van der Waals surface area contributed by atoms with Crippen molar-refractivity contribution >= 4 is 28.4 Å². The maximum absolute atomic E-state index is 13.4. The number of alkyl halides is 2. The van der Waals surface area contributed by atoms with Crippen molar-refractivity contribution in [2.24, 2.45) is 7.05 Å². The Morgan fingerprint density at radius 1 is 1.09 bits per heavy atom. The minimum atomic E-state index is -2.59. The van der Waals surface area contributed by atoms with E-state index in [9.17, 15) is 18.4 Å². The van der Waals surface area contributed by atoms with Crippen LogP contribution in [0.2, 0.25) is 5.02 Å². The topological polar surface area (TPSA) is 54.3 Å². The van der Waals surface area contributed by atoms with Crippen molar-refractivity contribution in [1.29, 1.82) is 0 Å². The van der Waals surface area contributed by atoms with Crippen LogP contribution in [0.1, 0.15) is 34.3 Å². The minimum Gasteiger partial charge on any atom is -0.350 e. The summed E-state index contributed by atoms with van der Waals surface area (Å²) in [6.07, 6.45) is 1.23. The number of piperidine rings is 1. The molecule has 8 heteroatoms. The van der Waals surface area contributed by atoms with E-state index in [1.165, 1.54) is 6.20 Å². The summed E-state index contributed by atoms with van der Waals surface area (Å²) < 4.78 is 28.6. The maximum Gasteiger partial charge on any atom is 0.257 e. The summed E-state index contributed by atoms with van der Waals surface area (Å²) in [6.45, 7) is 1.39. The van der Waals surface area contributed by atoms with E-state index >= 15 is 0 Å². The van der Waals surface area contributed by atoms with Gasteiger partial charge < -0.3 is 9.88 Å². The molecular weight excluding hydrogens is 436 g/mol. The summed E-state index contributed by atoms with van der Waals surface area (Å²) in [5.41, 5.74) is 2.15. The molecule has 168 valence electrons. The molecule has 1 aromatic heterocycles. The predicted octanol–water partition coefficient (Wildman–Crippen LogP) is 4.35. The summed E-state index contributed by atoms with van der Waals surface area (Å²) in [6, 6.07) is 12.6. The van der Waals surface area contributed by atoms with Gasteiger partial charge in [0.15, 0.2) is 0 Å². The van der Waals surface area contributed by atoms with Gasteiger partial charge in [0, 0.05) is 62.7 Å². The summed E-state index contributed by atoms with van der Waals surface area (Å²) in [7, 11) is 1.78. The van der Waals surface area contributed by atoms with E-state index in [-0.39, 0.29) is 30.4 Å². The second-order valence-electron chi connectivity index (χ2n) is 8.28. The fourth-order valence-electron chi connectivity index (χ4n) is 3.98. The van der Waals surface area contributed by atoms with Crippen LogP contribution in [0.4, 0.5) is 8.78 Å². The van der Waals surface area contributed by atoms with E-state index in [1.54, 1.807) is 29.8 Å². The van der Waals surface area contributed by atoms with Crippen molar-refractivity contribution in [2.45, 2.75) is 31.9 Å². The first-order valence-electron chi connectivity index (χ1n) is 10.5. The van der Waals surface area contributed by atoms with Crippen LogP contribution < -0.4 is 10.7 Å². The molecule has 0 spiro atoms. The Balaban J connectivity index is 1.54. The van der Waals surface area contributed by atoms with Gasteiger partial charge in [-0.25, -0.2) is 8.78 Å². The lowest BCUT2D eigenvalue weighted by Gasteiger charge is -2.31. The Morgan fingerprint density at radius 2 is 1.75 bits per heavy atom. The molecule has 1 saturated heterocycles. The van der Waals surface area contributed by atoms with Crippen LogP contribution >= 0.6 is 11.6 Å². The highest BCUT2D eigenvalue weighted by molar-refractivity contribution is 6.30. The molecule has 0 unspecified atom stereocenters. The van der Waals surface area contributed by atoms with Gasteiger partial charge in [0.1, 0.15) is 5.56 Å². The molecule has 0 bridgehead atoms. The zero-order valence-electron chi connectivity index (χ0n) is 17.7. The highest BCUT2D eigenvalue weighted by Gasteiger charge is 2.33. The Kier molecular flexibility index (Phi) is 6.31. The largest absolute Gasteiger partial charge is 0.350 e. The molecule has 2 heterocycles. The third kappa shape index (κ3) is 5.00. The van der Waals surface area contributed by atoms with Gasteiger partial charge in [-0.1, -0.05) is 29.8 Å². The van der Waals surface area contributed by atoms with Crippen LogP contribution in [0, 0.1) is 0 Å². The van der Waals surface area contributed by atoms with Gasteiger partial charge in [-0.2, -0.15) is 0 Å². The van der Waals surface area contributed by atoms with Crippen molar-refractivity contribution in [1.82, 2.24) is 14.8 Å². The monoisotopic (exact) mass is 459 g/mol. The lowest BCUT2D eigenvalue weighted by atomic mass is 10.0. The SMILES string of the molecule is Cn1cc(C(=O)NCc2ccc(Cl)cc2)c(=O)c2cc(CN3CCC(F)(F)CC3)ccc21. The molecule has 1 aliphatic heterocycles. The van der Waals surface area contributed by atoms with E-state index in [4.69, 9.17) is 11.6 Å². The molecule has 5 nitrogen and oxygen atoms in total. The number of fused-ring (bicyclic) bond motifs is 1. The van der Waals surface area contributed by atoms with Gasteiger partial charge in [-0.15, -0.1) is 0 Å². The number of benzene rings is 2. The number of halogens is 3. The van der Waals surface area contributed by atoms with Gasteiger partial charge in [0.2, 0.25) is 5.43 Å². The van der Waals surface area contributed by atoms with Gasteiger partial charge in [0.25, 0.3) is 11.8 Å². The van der Waals surface area contributed by atoms with E-state index in [1.807, 2.05) is 29.2 Å². The summed E-state index contributed by atoms with van der Waals surface area (Å²) in [4.78, 5) is 27.8. The number of carbonyl (C=O) groups excluding carboxylic acids is 1. The average molecular weight is 460 g/mol. The predicted molar refractivity (Wildman–Crippen MR) is 121 cm³/mol. The molecule has 1 aliphatic rings. The zero-order valence-corrected chi connectivity index (χ0v) is 18.5. The number of hydrogen-bond acceptors (Lipinski definition) is 3. The summed E-state index contributed by atoms with van der Waals surface area (Å²) in [5, 5.41) is 3.83. The third-order valence-corrected chi connectivity index (χ3v) is 6.11. The molecule has 0 radical (unpaired) electrons. The number of nitrogens with zero attached hydrogens (tertiary/aromatic N) is 2. The number of aryl methyl sites for hydroxylation is 1. The average Bonchev–Trinajstić information content (AvgIpc) is 2.77. The number of hydrogen-bond donors (Lipinski definition) is 1. The maximum atomic E-state index is 13.4. The third-order valence-electron chi connectivity index (χ3n) is 5.86. The Labute approximate surface area is 189 Å². The quantitative estimate of drug-likeness (QED) is 0.617. The van der Waals surface area contributed by atoms with E-state index in [0.717, 1.165) is 11.1 Å². The van der Waals surface area contributed by atoms with Crippen LogP contribution in [-0.2, 0) is 20.1 Å². The molecule has 1 N–H and O–H groups in total. The summed E-state index contributed by atoms with van der Waals surface area (Å²) >= 11 is 5.88. The normalized spacial score (nSPS) is 16.2. The molecule has 2 aromatic carbocycles. The molecule has 4 rings (SSSR count). The van der Waals surface area contributed by atoms with Crippen molar-refractivity contribution in [3.63, 3.8) is 0 Å². The molecule has 0 aliphatic carbocycles. The number of pyridine rings is 1. The van der Waals surface area contributed by atoms with Crippen LogP contribution in [0.15, 0.2) is 53.5 Å². The number of carbonyl (C=O) groups is 1. The number of rotatable bonds is 5. The number of amides is 1. The molecule has 1 amide bonds. The molecule has 0 saturated carbocycles. The van der Waals surface area contributed by atoms with Gasteiger partial charge in [0.05, 0.1) is 5.52 Å². The van der Waals surface area contributed by atoms with Crippen LogP contribution in [0.5, 0.6) is 0 Å². The van der Waals surface area contributed by atoms with Crippen LogP contribution in [0.25, 0.3) is 10.9 Å². The number of aromatic nitrogens is 1. The highest BCUT2D eigenvalue weighted by Crippen LogP contribution is 2.28.